The number of benzene rings is 1. The summed E-state index contributed by atoms with van der Waals surface area (Å²) in [5.41, 5.74) is 2.49. The minimum Gasteiger partial charge on any atom is -0.304 e. The maximum absolute atomic E-state index is 12.6. The molecule has 1 saturated carbocycles. The highest BCUT2D eigenvalue weighted by Crippen LogP contribution is 2.43. The summed E-state index contributed by atoms with van der Waals surface area (Å²) in [6.07, 6.45) is 5.78. The summed E-state index contributed by atoms with van der Waals surface area (Å²) in [5.74, 6) is 0.308. The van der Waals surface area contributed by atoms with E-state index in [1.807, 2.05) is 29.2 Å². The molecular formula is C16H15NO2. The molecule has 3 aliphatic rings. The van der Waals surface area contributed by atoms with Gasteiger partial charge in [-0.05, 0) is 18.9 Å². The third kappa shape index (κ3) is 1.38. The Kier molecular flexibility index (Phi) is 2.19. The van der Waals surface area contributed by atoms with Crippen LogP contribution < -0.4 is 0 Å². The molecule has 2 atom stereocenters. The number of rotatable bonds is 0. The Labute approximate surface area is 111 Å². The Bertz CT molecular complexity index is 617. The van der Waals surface area contributed by atoms with Gasteiger partial charge in [-0.2, -0.15) is 0 Å². The molecule has 3 nitrogen and oxygen atoms in total. The molecule has 4 rings (SSSR count). The molecule has 96 valence electrons. The number of carbonyl (C=O) groups excluding carboxylic acids is 2. The van der Waals surface area contributed by atoms with Crippen molar-refractivity contribution in [2.24, 2.45) is 5.92 Å². The van der Waals surface area contributed by atoms with E-state index in [1.54, 1.807) is 6.08 Å². The molecule has 0 spiro atoms. The second kappa shape index (κ2) is 3.80. The predicted octanol–water partition coefficient (Wildman–Crippen LogP) is 2.62. The minimum atomic E-state index is 0.0239. The topological polar surface area (TPSA) is 37.4 Å². The van der Waals surface area contributed by atoms with Gasteiger partial charge in [-0.3, -0.25) is 9.59 Å². The first kappa shape index (κ1) is 11.0. The van der Waals surface area contributed by atoms with Crippen molar-refractivity contribution in [1.82, 2.24) is 4.90 Å². The van der Waals surface area contributed by atoms with Crippen LogP contribution in [0.4, 0.5) is 0 Å². The van der Waals surface area contributed by atoms with Crippen molar-refractivity contribution in [3.8, 4) is 0 Å². The fraction of sp³-hybridized carbons (Fsp3) is 0.375. The van der Waals surface area contributed by atoms with Crippen LogP contribution in [0.1, 0.15) is 41.6 Å². The largest absolute Gasteiger partial charge is 0.304 e. The number of carbonyl (C=O) groups is 2. The summed E-state index contributed by atoms with van der Waals surface area (Å²) >= 11 is 0. The summed E-state index contributed by atoms with van der Waals surface area (Å²) in [6.45, 7) is 0. The first-order valence-electron chi connectivity index (χ1n) is 6.96. The first-order chi connectivity index (χ1) is 9.27. The maximum Gasteiger partial charge on any atom is 0.259 e. The number of fused-ring (bicyclic) bond motifs is 5. The van der Waals surface area contributed by atoms with E-state index in [-0.39, 0.29) is 23.7 Å². The van der Waals surface area contributed by atoms with E-state index in [9.17, 15) is 9.59 Å². The number of hydrogen-bond donors (Lipinski definition) is 0. The van der Waals surface area contributed by atoms with Crippen LogP contribution in [0, 0.1) is 5.92 Å². The van der Waals surface area contributed by atoms with Crippen molar-refractivity contribution in [2.75, 3.05) is 0 Å². The van der Waals surface area contributed by atoms with E-state index in [4.69, 9.17) is 0 Å². The average Bonchev–Trinajstić information content (AvgIpc) is 2.73. The summed E-state index contributed by atoms with van der Waals surface area (Å²) in [6, 6.07) is 7.69. The van der Waals surface area contributed by atoms with Crippen molar-refractivity contribution in [3.05, 3.63) is 41.5 Å². The smallest absolute Gasteiger partial charge is 0.259 e. The van der Waals surface area contributed by atoms with Crippen LogP contribution in [0.15, 0.2) is 30.3 Å². The number of allylic oxidation sites excluding steroid dienone is 1. The third-order valence-corrected chi connectivity index (χ3v) is 4.62. The number of nitrogens with zero attached hydrogens (tertiary/aromatic N) is 1. The minimum absolute atomic E-state index is 0.0239. The molecule has 0 saturated heterocycles. The summed E-state index contributed by atoms with van der Waals surface area (Å²) in [5, 5.41) is 0. The molecule has 2 heterocycles. The molecule has 1 aromatic carbocycles. The van der Waals surface area contributed by atoms with E-state index < -0.39 is 0 Å². The zero-order valence-electron chi connectivity index (χ0n) is 10.6. The van der Waals surface area contributed by atoms with Crippen LogP contribution in [-0.2, 0) is 4.79 Å². The SMILES string of the molecule is O=C1C=C2c3ccccc3C(=O)N2C2CCCCC12. The molecule has 2 unspecified atom stereocenters. The summed E-state index contributed by atoms with van der Waals surface area (Å²) in [7, 11) is 0. The maximum atomic E-state index is 12.6. The summed E-state index contributed by atoms with van der Waals surface area (Å²) in [4.78, 5) is 26.7. The average molecular weight is 253 g/mol. The van der Waals surface area contributed by atoms with Crippen LogP contribution in [0.25, 0.3) is 5.70 Å². The number of ketones is 1. The molecule has 1 fully saturated rings. The second-order valence-corrected chi connectivity index (χ2v) is 5.61. The molecule has 1 amide bonds. The lowest BCUT2D eigenvalue weighted by Crippen LogP contribution is -2.47. The van der Waals surface area contributed by atoms with Gasteiger partial charge in [0.15, 0.2) is 5.78 Å². The normalized spacial score (nSPS) is 28.6. The number of amides is 1. The Hall–Kier alpha value is -1.90. The van der Waals surface area contributed by atoms with Gasteiger partial charge in [0.25, 0.3) is 5.91 Å². The highest BCUT2D eigenvalue weighted by molar-refractivity contribution is 6.14. The van der Waals surface area contributed by atoms with Gasteiger partial charge in [0, 0.05) is 29.2 Å². The third-order valence-electron chi connectivity index (χ3n) is 4.62. The lowest BCUT2D eigenvalue weighted by atomic mass is 9.78. The molecule has 2 aliphatic heterocycles. The van der Waals surface area contributed by atoms with Crippen LogP contribution >= 0.6 is 0 Å². The standard InChI is InChI=1S/C16H15NO2/c18-15-9-14-10-5-1-2-6-11(10)16(19)17(14)13-8-4-3-7-12(13)15/h1-2,5-6,9,12-13H,3-4,7-8H2. The second-order valence-electron chi connectivity index (χ2n) is 5.61. The molecular weight excluding hydrogens is 238 g/mol. The molecule has 1 aromatic rings. The lowest BCUT2D eigenvalue weighted by Gasteiger charge is -2.40. The van der Waals surface area contributed by atoms with E-state index in [1.165, 1.54) is 0 Å². The zero-order valence-corrected chi connectivity index (χ0v) is 10.6. The molecule has 0 N–H and O–H groups in total. The van der Waals surface area contributed by atoms with Crippen molar-refractivity contribution in [2.45, 2.75) is 31.7 Å². The lowest BCUT2D eigenvalue weighted by molar-refractivity contribution is -0.121. The van der Waals surface area contributed by atoms with Crippen LogP contribution in [0.3, 0.4) is 0 Å². The Morgan fingerprint density at radius 2 is 1.74 bits per heavy atom. The molecule has 3 heteroatoms. The first-order valence-corrected chi connectivity index (χ1v) is 6.96. The van der Waals surface area contributed by atoms with Crippen LogP contribution in [0.2, 0.25) is 0 Å². The van der Waals surface area contributed by atoms with Crippen molar-refractivity contribution in [3.63, 3.8) is 0 Å². The van der Waals surface area contributed by atoms with Gasteiger partial charge in [-0.15, -0.1) is 0 Å². The fourth-order valence-electron chi connectivity index (χ4n) is 3.73. The Balaban J connectivity index is 1.89. The monoisotopic (exact) mass is 253 g/mol. The highest BCUT2D eigenvalue weighted by Gasteiger charge is 2.45. The van der Waals surface area contributed by atoms with Crippen molar-refractivity contribution < 1.29 is 9.59 Å². The van der Waals surface area contributed by atoms with Gasteiger partial charge >= 0.3 is 0 Å². The zero-order chi connectivity index (χ0) is 13.0. The molecule has 0 aromatic heterocycles. The van der Waals surface area contributed by atoms with E-state index in [0.717, 1.165) is 42.5 Å². The molecule has 0 bridgehead atoms. The van der Waals surface area contributed by atoms with Gasteiger partial charge in [0.1, 0.15) is 0 Å². The Morgan fingerprint density at radius 1 is 1.00 bits per heavy atom. The van der Waals surface area contributed by atoms with E-state index in [0.29, 0.717) is 0 Å². The van der Waals surface area contributed by atoms with Gasteiger partial charge in [0.05, 0.1) is 5.70 Å². The molecule has 19 heavy (non-hydrogen) atoms. The van der Waals surface area contributed by atoms with Gasteiger partial charge in [-0.1, -0.05) is 31.0 Å². The summed E-state index contributed by atoms with van der Waals surface area (Å²) < 4.78 is 0. The Morgan fingerprint density at radius 3 is 2.58 bits per heavy atom. The molecule has 1 aliphatic carbocycles. The molecule has 0 radical (unpaired) electrons. The fourth-order valence-corrected chi connectivity index (χ4v) is 3.73. The van der Waals surface area contributed by atoms with Gasteiger partial charge in [-0.25, -0.2) is 0 Å². The van der Waals surface area contributed by atoms with E-state index >= 15 is 0 Å². The van der Waals surface area contributed by atoms with Crippen molar-refractivity contribution >= 4 is 17.4 Å². The predicted molar refractivity (Wildman–Crippen MR) is 71.3 cm³/mol. The quantitative estimate of drug-likeness (QED) is 0.712. The van der Waals surface area contributed by atoms with E-state index in [2.05, 4.69) is 0 Å². The van der Waals surface area contributed by atoms with Crippen LogP contribution in [0.5, 0.6) is 0 Å². The van der Waals surface area contributed by atoms with Gasteiger partial charge < -0.3 is 4.90 Å². The number of hydrogen-bond acceptors (Lipinski definition) is 2. The van der Waals surface area contributed by atoms with Crippen molar-refractivity contribution in [1.29, 1.82) is 0 Å². The van der Waals surface area contributed by atoms with Gasteiger partial charge in [0.2, 0.25) is 0 Å². The highest BCUT2D eigenvalue weighted by atomic mass is 16.2. The van der Waals surface area contributed by atoms with Crippen LogP contribution in [-0.4, -0.2) is 22.6 Å².